The van der Waals surface area contributed by atoms with Gasteiger partial charge in [-0.3, -0.25) is 4.79 Å². The van der Waals surface area contributed by atoms with Gasteiger partial charge in [-0.05, 0) is 43.2 Å². The minimum absolute atomic E-state index is 0.00260. The second kappa shape index (κ2) is 5.10. The highest BCUT2D eigenvalue weighted by Crippen LogP contribution is 2.26. The van der Waals surface area contributed by atoms with Crippen molar-refractivity contribution < 1.29 is 9.18 Å². The Morgan fingerprint density at radius 2 is 1.84 bits per heavy atom. The molecule has 0 bridgehead atoms. The smallest absolute Gasteiger partial charge is 0.258 e. The van der Waals surface area contributed by atoms with Crippen molar-refractivity contribution >= 4 is 17.3 Å². The molecule has 0 saturated heterocycles. The van der Waals surface area contributed by atoms with Crippen LogP contribution in [-0.4, -0.2) is 5.91 Å². The number of anilines is 2. The summed E-state index contributed by atoms with van der Waals surface area (Å²) in [6.07, 6.45) is 0. The van der Waals surface area contributed by atoms with E-state index in [2.05, 4.69) is 5.32 Å². The van der Waals surface area contributed by atoms with Gasteiger partial charge in [-0.15, -0.1) is 0 Å². The summed E-state index contributed by atoms with van der Waals surface area (Å²) in [7, 11) is 0. The molecule has 0 atom stereocenters. The van der Waals surface area contributed by atoms with Gasteiger partial charge in [0.15, 0.2) is 0 Å². The first-order chi connectivity index (χ1) is 9.00. The van der Waals surface area contributed by atoms with E-state index in [0.29, 0.717) is 11.4 Å². The van der Waals surface area contributed by atoms with Crippen molar-refractivity contribution in [3.05, 3.63) is 58.9 Å². The molecule has 0 saturated carbocycles. The highest BCUT2D eigenvalue weighted by molar-refractivity contribution is 6.06. The zero-order chi connectivity index (χ0) is 14.0. The van der Waals surface area contributed by atoms with E-state index in [1.54, 1.807) is 18.2 Å². The highest BCUT2D eigenvalue weighted by Gasteiger charge is 2.14. The molecule has 2 rings (SSSR count). The fraction of sp³-hybridized carbons (Fsp3) is 0.133. The first-order valence-corrected chi connectivity index (χ1v) is 5.92. The Balaban J connectivity index is 2.35. The molecule has 3 N–H and O–H groups in total. The van der Waals surface area contributed by atoms with E-state index < -0.39 is 11.7 Å². The predicted molar refractivity (Wildman–Crippen MR) is 74.7 cm³/mol. The highest BCUT2D eigenvalue weighted by atomic mass is 19.1. The molecule has 0 aliphatic rings. The van der Waals surface area contributed by atoms with Crippen LogP contribution in [0, 0.1) is 19.7 Å². The molecule has 0 heterocycles. The lowest BCUT2D eigenvalue weighted by Gasteiger charge is -2.13. The molecule has 2 aromatic rings. The quantitative estimate of drug-likeness (QED) is 0.812. The first kappa shape index (κ1) is 13.1. The van der Waals surface area contributed by atoms with E-state index >= 15 is 0 Å². The molecule has 3 nitrogen and oxygen atoms in total. The second-order valence-electron chi connectivity index (χ2n) is 4.41. The fourth-order valence-corrected chi connectivity index (χ4v) is 1.83. The molecule has 0 fully saturated rings. The van der Waals surface area contributed by atoms with Gasteiger partial charge in [-0.1, -0.05) is 18.2 Å². The summed E-state index contributed by atoms with van der Waals surface area (Å²) in [5.41, 5.74) is 8.74. The number of nitrogen functional groups attached to an aromatic ring is 1. The van der Waals surface area contributed by atoms with Gasteiger partial charge in [-0.25, -0.2) is 4.39 Å². The summed E-state index contributed by atoms with van der Waals surface area (Å²) in [5.74, 6) is -1.05. The topological polar surface area (TPSA) is 55.1 Å². The van der Waals surface area contributed by atoms with E-state index in [1.807, 2.05) is 19.9 Å². The minimum Gasteiger partial charge on any atom is -0.397 e. The van der Waals surface area contributed by atoms with Crippen molar-refractivity contribution in [3.8, 4) is 0 Å². The summed E-state index contributed by atoms with van der Waals surface area (Å²) in [4.78, 5) is 12.0. The molecule has 0 aliphatic carbocycles. The normalized spacial score (nSPS) is 10.3. The maximum Gasteiger partial charge on any atom is 0.258 e. The van der Waals surface area contributed by atoms with Crippen molar-refractivity contribution in [2.75, 3.05) is 11.1 Å². The minimum atomic E-state index is -0.552. The number of carbonyl (C=O) groups excluding carboxylic acids is 1. The fourth-order valence-electron chi connectivity index (χ4n) is 1.83. The van der Waals surface area contributed by atoms with Crippen LogP contribution >= 0.6 is 0 Å². The van der Waals surface area contributed by atoms with E-state index in [0.717, 1.165) is 11.1 Å². The van der Waals surface area contributed by atoms with Crippen LogP contribution < -0.4 is 11.1 Å². The van der Waals surface area contributed by atoms with Gasteiger partial charge in [0.05, 0.1) is 16.9 Å². The lowest BCUT2D eigenvalue weighted by atomic mass is 10.1. The molecular formula is C15H15FN2O. The number of carbonyl (C=O) groups is 1. The molecule has 98 valence electrons. The van der Waals surface area contributed by atoms with E-state index in [1.165, 1.54) is 12.1 Å². The number of halogens is 1. The van der Waals surface area contributed by atoms with Crippen LogP contribution in [0.1, 0.15) is 21.5 Å². The molecular weight excluding hydrogens is 243 g/mol. The molecule has 0 aromatic heterocycles. The van der Waals surface area contributed by atoms with Crippen LogP contribution in [0.15, 0.2) is 36.4 Å². The lowest BCUT2D eigenvalue weighted by Crippen LogP contribution is -2.16. The first-order valence-electron chi connectivity index (χ1n) is 5.92. The standard InChI is InChI=1S/C15H15FN2O/c1-9-7-8-13(17)14(10(9)2)18-15(19)11-5-3-4-6-12(11)16/h3-8H,17H2,1-2H3,(H,18,19). The summed E-state index contributed by atoms with van der Waals surface area (Å²) in [5, 5.41) is 2.67. The maximum atomic E-state index is 13.5. The average Bonchev–Trinajstić information content (AvgIpc) is 2.39. The molecule has 4 heteroatoms. The van der Waals surface area contributed by atoms with Crippen molar-refractivity contribution in [2.45, 2.75) is 13.8 Å². The van der Waals surface area contributed by atoms with Crippen LogP contribution in [-0.2, 0) is 0 Å². The Morgan fingerprint density at radius 3 is 2.53 bits per heavy atom. The van der Waals surface area contributed by atoms with Gasteiger partial charge < -0.3 is 11.1 Å². The summed E-state index contributed by atoms with van der Waals surface area (Å²) >= 11 is 0. The van der Waals surface area contributed by atoms with Gasteiger partial charge in [0.2, 0.25) is 0 Å². The third-order valence-electron chi connectivity index (χ3n) is 3.13. The Kier molecular flexibility index (Phi) is 3.51. The summed E-state index contributed by atoms with van der Waals surface area (Å²) in [6, 6.07) is 9.44. The molecule has 1 amide bonds. The molecule has 0 unspecified atom stereocenters. The molecule has 2 aromatic carbocycles. The number of amides is 1. The molecule has 0 radical (unpaired) electrons. The number of hydrogen-bond donors (Lipinski definition) is 2. The number of aryl methyl sites for hydroxylation is 1. The third kappa shape index (κ3) is 2.57. The van der Waals surface area contributed by atoms with Crippen LogP contribution in [0.4, 0.5) is 15.8 Å². The largest absolute Gasteiger partial charge is 0.397 e. The van der Waals surface area contributed by atoms with Crippen LogP contribution in [0.25, 0.3) is 0 Å². The Bertz CT molecular complexity index is 638. The van der Waals surface area contributed by atoms with Crippen LogP contribution in [0.2, 0.25) is 0 Å². The second-order valence-corrected chi connectivity index (χ2v) is 4.41. The van der Waals surface area contributed by atoms with Gasteiger partial charge in [0.25, 0.3) is 5.91 Å². The predicted octanol–water partition coefficient (Wildman–Crippen LogP) is 3.28. The van der Waals surface area contributed by atoms with Crippen LogP contribution in [0.5, 0.6) is 0 Å². The van der Waals surface area contributed by atoms with Gasteiger partial charge in [0.1, 0.15) is 5.82 Å². The number of nitrogens with two attached hydrogens (primary N) is 1. The van der Waals surface area contributed by atoms with Crippen molar-refractivity contribution in [3.63, 3.8) is 0 Å². The van der Waals surface area contributed by atoms with Gasteiger partial charge in [-0.2, -0.15) is 0 Å². The number of hydrogen-bond acceptors (Lipinski definition) is 2. The number of nitrogens with one attached hydrogen (secondary N) is 1. The Labute approximate surface area is 111 Å². The molecule has 0 spiro atoms. The monoisotopic (exact) mass is 258 g/mol. The van der Waals surface area contributed by atoms with E-state index in [9.17, 15) is 9.18 Å². The van der Waals surface area contributed by atoms with Crippen LogP contribution in [0.3, 0.4) is 0 Å². The lowest BCUT2D eigenvalue weighted by molar-refractivity contribution is 0.102. The molecule has 19 heavy (non-hydrogen) atoms. The third-order valence-corrected chi connectivity index (χ3v) is 3.13. The number of rotatable bonds is 2. The zero-order valence-electron chi connectivity index (χ0n) is 10.8. The SMILES string of the molecule is Cc1ccc(N)c(NC(=O)c2ccccc2F)c1C. The van der Waals surface area contributed by atoms with E-state index in [-0.39, 0.29) is 5.56 Å². The van der Waals surface area contributed by atoms with Crippen molar-refractivity contribution in [1.82, 2.24) is 0 Å². The Hall–Kier alpha value is -2.36. The Morgan fingerprint density at radius 1 is 1.16 bits per heavy atom. The number of benzene rings is 2. The van der Waals surface area contributed by atoms with Crippen molar-refractivity contribution in [1.29, 1.82) is 0 Å². The van der Waals surface area contributed by atoms with E-state index in [4.69, 9.17) is 5.73 Å². The van der Waals surface area contributed by atoms with Gasteiger partial charge >= 0.3 is 0 Å². The summed E-state index contributed by atoms with van der Waals surface area (Å²) in [6.45, 7) is 3.79. The van der Waals surface area contributed by atoms with Crippen molar-refractivity contribution in [2.24, 2.45) is 0 Å². The molecule has 0 aliphatic heterocycles. The maximum absolute atomic E-state index is 13.5. The average molecular weight is 258 g/mol. The zero-order valence-corrected chi connectivity index (χ0v) is 10.8. The summed E-state index contributed by atoms with van der Waals surface area (Å²) < 4.78 is 13.5. The van der Waals surface area contributed by atoms with Gasteiger partial charge in [0, 0.05) is 0 Å².